The van der Waals surface area contributed by atoms with Gasteiger partial charge in [-0.2, -0.15) is 5.26 Å². The number of rotatable bonds is 5. The molecule has 3 heteroatoms. The van der Waals surface area contributed by atoms with E-state index in [0.717, 1.165) is 17.1 Å². The Balaban J connectivity index is 2.92. The first-order valence-electron chi connectivity index (χ1n) is 5.06. The van der Waals surface area contributed by atoms with E-state index < -0.39 is 0 Å². The highest BCUT2D eigenvalue weighted by molar-refractivity contribution is 5.39. The van der Waals surface area contributed by atoms with E-state index in [0.29, 0.717) is 19.6 Å². The molecule has 0 amide bonds. The van der Waals surface area contributed by atoms with Crippen LogP contribution in [0.4, 0.5) is 0 Å². The maximum atomic E-state index is 8.63. The second kappa shape index (κ2) is 5.92. The lowest BCUT2D eigenvalue weighted by Crippen LogP contribution is -1.96. The van der Waals surface area contributed by atoms with Gasteiger partial charge in [0.25, 0.3) is 0 Å². The molecule has 0 saturated carbocycles. The fraction of sp³-hybridized carbons (Fsp3) is 0.417. The molecule has 0 aromatic heterocycles. The minimum absolute atomic E-state index is 0.376. The second-order valence-corrected chi connectivity index (χ2v) is 3.01. The molecule has 1 aromatic rings. The normalized spacial score (nSPS) is 9.40. The van der Waals surface area contributed by atoms with Crippen molar-refractivity contribution in [3.63, 3.8) is 0 Å². The van der Waals surface area contributed by atoms with E-state index in [-0.39, 0.29) is 0 Å². The maximum absolute atomic E-state index is 8.63. The van der Waals surface area contributed by atoms with E-state index in [1.54, 1.807) is 0 Å². The SMILES string of the molecule is CCOc1cc(CC#N)cc(OCC)c1. The molecular weight excluding hydrogens is 190 g/mol. The second-order valence-electron chi connectivity index (χ2n) is 3.01. The smallest absolute Gasteiger partial charge is 0.123 e. The van der Waals surface area contributed by atoms with Crippen LogP contribution in [-0.4, -0.2) is 13.2 Å². The standard InChI is InChI=1S/C12H15NO2/c1-3-14-11-7-10(5-6-13)8-12(9-11)15-4-2/h7-9H,3-5H2,1-2H3. The fourth-order valence-corrected chi connectivity index (χ4v) is 1.32. The lowest BCUT2D eigenvalue weighted by atomic mass is 10.1. The third-order valence-electron chi connectivity index (χ3n) is 1.85. The first-order chi connectivity index (χ1) is 7.30. The quantitative estimate of drug-likeness (QED) is 0.741. The average molecular weight is 205 g/mol. The van der Waals surface area contributed by atoms with E-state index in [4.69, 9.17) is 14.7 Å². The Morgan fingerprint density at radius 1 is 1.07 bits per heavy atom. The van der Waals surface area contributed by atoms with Crippen molar-refractivity contribution in [3.05, 3.63) is 23.8 Å². The lowest BCUT2D eigenvalue weighted by Gasteiger charge is -2.09. The predicted molar refractivity (Wildman–Crippen MR) is 58.1 cm³/mol. The Bertz CT molecular complexity index is 331. The third-order valence-corrected chi connectivity index (χ3v) is 1.85. The molecule has 1 rings (SSSR count). The number of nitriles is 1. The van der Waals surface area contributed by atoms with Gasteiger partial charge >= 0.3 is 0 Å². The van der Waals surface area contributed by atoms with Crippen LogP contribution in [0, 0.1) is 11.3 Å². The fourth-order valence-electron chi connectivity index (χ4n) is 1.32. The van der Waals surface area contributed by atoms with Crippen molar-refractivity contribution in [1.82, 2.24) is 0 Å². The molecule has 0 spiro atoms. The van der Waals surface area contributed by atoms with Gasteiger partial charge < -0.3 is 9.47 Å². The van der Waals surface area contributed by atoms with Gasteiger partial charge in [0.2, 0.25) is 0 Å². The van der Waals surface area contributed by atoms with Gasteiger partial charge in [0.15, 0.2) is 0 Å². The molecule has 0 unspecified atom stereocenters. The van der Waals surface area contributed by atoms with Gasteiger partial charge in [-0.3, -0.25) is 0 Å². The summed E-state index contributed by atoms with van der Waals surface area (Å²) in [4.78, 5) is 0. The molecular formula is C12H15NO2. The molecule has 0 radical (unpaired) electrons. The molecule has 0 fully saturated rings. The van der Waals surface area contributed by atoms with Gasteiger partial charge in [-0.25, -0.2) is 0 Å². The third kappa shape index (κ3) is 3.51. The van der Waals surface area contributed by atoms with E-state index >= 15 is 0 Å². The molecule has 3 nitrogen and oxygen atoms in total. The number of ether oxygens (including phenoxy) is 2. The highest BCUT2D eigenvalue weighted by atomic mass is 16.5. The lowest BCUT2D eigenvalue weighted by molar-refractivity contribution is 0.322. The molecule has 0 N–H and O–H groups in total. The summed E-state index contributed by atoms with van der Waals surface area (Å²) in [6.07, 6.45) is 0.376. The molecule has 0 aliphatic heterocycles. The summed E-state index contributed by atoms with van der Waals surface area (Å²) >= 11 is 0. The maximum Gasteiger partial charge on any atom is 0.123 e. The molecule has 15 heavy (non-hydrogen) atoms. The van der Waals surface area contributed by atoms with Gasteiger partial charge in [0.1, 0.15) is 11.5 Å². The van der Waals surface area contributed by atoms with Crippen molar-refractivity contribution >= 4 is 0 Å². The summed E-state index contributed by atoms with van der Waals surface area (Å²) in [5, 5.41) is 8.63. The zero-order chi connectivity index (χ0) is 11.1. The van der Waals surface area contributed by atoms with Gasteiger partial charge in [-0.1, -0.05) is 0 Å². The summed E-state index contributed by atoms with van der Waals surface area (Å²) in [5.41, 5.74) is 0.923. The highest BCUT2D eigenvalue weighted by Gasteiger charge is 2.02. The van der Waals surface area contributed by atoms with Gasteiger partial charge in [-0.05, 0) is 31.5 Å². The molecule has 1 aromatic carbocycles. The van der Waals surface area contributed by atoms with Crippen LogP contribution in [0.15, 0.2) is 18.2 Å². The van der Waals surface area contributed by atoms with Crippen LogP contribution >= 0.6 is 0 Å². The number of benzene rings is 1. The molecule has 0 aliphatic carbocycles. The van der Waals surface area contributed by atoms with Crippen LogP contribution in [0.25, 0.3) is 0 Å². The van der Waals surface area contributed by atoms with Crippen molar-refractivity contribution < 1.29 is 9.47 Å². The summed E-state index contributed by atoms with van der Waals surface area (Å²) in [5.74, 6) is 1.52. The van der Waals surface area contributed by atoms with Crippen LogP contribution in [-0.2, 0) is 6.42 Å². The van der Waals surface area contributed by atoms with E-state index in [1.165, 1.54) is 0 Å². The number of hydrogen-bond acceptors (Lipinski definition) is 3. The van der Waals surface area contributed by atoms with E-state index in [2.05, 4.69) is 6.07 Å². The van der Waals surface area contributed by atoms with Crippen molar-refractivity contribution in [3.8, 4) is 17.6 Å². The Morgan fingerprint density at radius 3 is 2.00 bits per heavy atom. The average Bonchev–Trinajstić information content (AvgIpc) is 2.19. The first kappa shape index (κ1) is 11.4. The zero-order valence-electron chi connectivity index (χ0n) is 9.12. The van der Waals surface area contributed by atoms with Crippen LogP contribution in [0.5, 0.6) is 11.5 Å². The highest BCUT2D eigenvalue weighted by Crippen LogP contribution is 2.23. The molecule has 0 bridgehead atoms. The summed E-state index contributed by atoms with van der Waals surface area (Å²) < 4.78 is 10.8. The van der Waals surface area contributed by atoms with Gasteiger partial charge in [-0.15, -0.1) is 0 Å². The van der Waals surface area contributed by atoms with Crippen molar-refractivity contribution in [2.24, 2.45) is 0 Å². The molecule has 0 heterocycles. The van der Waals surface area contributed by atoms with Crippen LogP contribution in [0.3, 0.4) is 0 Å². The molecule has 0 atom stereocenters. The van der Waals surface area contributed by atoms with Gasteiger partial charge in [0, 0.05) is 6.07 Å². The Hall–Kier alpha value is -1.69. The summed E-state index contributed by atoms with van der Waals surface area (Å²) in [7, 11) is 0. The first-order valence-corrected chi connectivity index (χ1v) is 5.06. The van der Waals surface area contributed by atoms with Gasteiger partial charge in [0.05, 0.1) is 25.7 Å². The zero-order valence-corrected chi connectivity index (χ0v) is 9.12. The molecule has 80 valence electrons. The Kier molecular flexibility index (Phi) is 4.49. The van der Waals surface area contributed by atoms with Crippen molar-refractivity contribution in [2.45, 2.75) is 20.3 Å². The Morgan fingerprint density at radius 2 is 1.60 bits per heavy atom. The van der Waals surface area contributed by atoms with Crippen LogP contribution in [0.2, 0.25) is 0 Å². The minimum Gasteiger partial charge on any atom is -0.494 e. The Labute approximate surface area is 90.2 Å². The summed E-state index contributed by atoms with van der Waals surface area (Å²) in [6, 6.07) is 7.69. The minimum atomic E-state index is 0.376. The largest absolute Gasteiger partial charge is 0.494 e. The molecule has 0 aliphatic rings. The number of nitrogens with zero attached hydrogens (tertiary/aromatic N) is 1. The van der Waals surface area contributed by atoms with Crippen molar-refractivity contribution in [2.75, 3.05) is 13.2 Å². The predicted octanol–water partition coefficient (Wildman–Crippen LogP) is 2.55. The van der Waals surface area contributed by atoms with E-state index in [9.17, 15) is 0 Å². The van der Waals surface area contributed by atoms with Crippen LogP contribution < -0.4 is 9.47 Å². The molecule has 0 saturated heterocycles. The topological polar surface area (TPSA) is 42.2 Å². The van der Waals surface area contributed by atoms with E-state index in [1.807, 2.05) is 32.0 Å². The van der Waals surface area contributed by atoms with Crippen molar-refractivity contribution in [1.29, 1.82) is 5.26 Å². The van der Waals surface area contributed by atoms with Crippen LogP contribution in [0.1, 0.15) is 19.4 Å². The monoisotopic (exact) mass is 205 g/mol. The number of hydrogen-bond donors (Lipinski definition) is 0. The summed E-state index contributed by atoms with van der Waals surface area (Å²) in [6.45, 7) is 5.08.